The van der Waals surface area contributed by atoms with Crippen molar-refractivity contribution in [1.82, 2.24) is 4.90 Å². The molecule has 2 aliphatic heterocycles. The van der Waals surface area contributed by atoms with E-state index in [0.717, 1.165) is 16.9 Å². The van der Waals surface area contributed by atoms with Crippen LogP contribution in [-0.4, -0.2) is 51.8 Å². The normalized spacial score (nSPS) is 19.0. The topological polar surface area (TPSA) is 68.2 Å². The number of nitrogens with zero attached hydrogens (tertiary/aromatic N) is 2. The van der Waals surface area contributed by atoms with E-state index >= 15 is 0 Å². The molecule has 1 amide bonds. The first-order valence-electron chi connectivity index (χ1n) is 11.8. The molecule has 0 spiro atoms. The van der Waals surface area contributed by atoms with Gasteiger partial charge in [-0.05, 0) is 28.8 Å². The van der Waals surface area contributed by atoms with Crippen molar-refractivity contribution in [1.29, 1.82) is 0 Å². The second kappa shape index (κ2) is 11.2. The summed E-state index contributed by atoms with van der Waals surface area (Å²) in [5, 5.41) is 0.357. The average molecular weight is 533 g/mol. The van der Waals surface area contributed by atoms with Gasteiger partial charge in [-0.1, -0.05) is 97.2 Å². The lowest BCUT2D eigenvalue weighted by atomic mass is 9.98. The Morgan fingerprint density at radius 1 is 0.973 bits per heavy atom. The van der Waals surface area contributed by atoms with Crippen molar-refractivity contribution >= 4 is 40.3 Å². The maximum atomic E-state index is 13.7. The minimum atomic E-state index is -1.02. The molecule has 3 aromatic rings. The van der Waals surface area contributed by atoms with E-state index < -0.39 is 24.2 Å². The van der Waals surface area contributed by atoms with Crippen molar-refractivity contribution < 1.29 is 19.1 Å². The van der Waals surface area contributed by atoms with Gasteiger partial charge in [-0.15, -0.1) is 11.6 Å². The fourth-order valence-corrected chi connectivity index (χ4v) is 5.73. The summed E-state index contributed by atoms with van der Waals surface area (Å²) < 4.78 is 11.9. The molecule has 3 aromatic carbocycles. The molecule has 0 bridgehead atoms. The highest BCUT2D eigenvalue weighted by Crippen LogP contribution is 2.42. The highest BCUT2D eigenvalue weighted by atomic mass is 35.5. The molecule has 0 saturated carbocycles. The Hall–Kier alpha value is -3.55. The summed E-state index contributed by atoms with van der Waals surface area (Å²) in [6.45, 7) is 4.24. The fraction of sp³-hybridized carbons (Fsp3) is 0.207. The molecule has 0 aliphatic carbocycles. The highest BCUT2D eigenvalue weighted by molar-refractivity contribution is 8.15. The van der Waals surface area contributed by atoms with Gasteiger partial charge in [0, 0.05) is 5.88 Å². The number of hydrogen-bond donors (Lipinski definition) is 0. The number of esters is 1. The van der Waals surface area contributed by atoms with Gasteiger partial charge >= 0.3 is 5.97 Å². The molecule has 6 nitrogen and oxygen atoms in total. The van der Waals surface area contributed by atoms with Crippen LogP contribution in [0.5, 0.6) is 5.75 Å². The molecule has 0 aromatic heterocycles. The zero-order valence-corrected chi connectivity index (χ0v) is 21.5. The Morgan fingerprint density at radius 2 is 1.54 bits per heavy atom. The molecule has 8 heteroatoms. The van der Waals surface area contributed by atoms with Crippen LogP contribution in [-0.2, 0) is 14.3 Å². The SMILES string of the molecule is C=C(CCl)C(C(=O)OC(c1ccccc1)c1ccccc1)N1C(=O)C2N=C(COc3ccccc3)SC21. The number of thioether (sulfide) groups is 1. The van der Waals surface area contributed by atoms with E-state index in [2.05, 4.69) is 11.6 Å². The molecular weight excluding hydrogens is 508 g/mol. The van der Waals surface area contributed by atoms with Gasteiger partial charge in [-0.25, -0.2) is 4.79 Å². The predicted octanol–water partition coefficient (Wildman–Crippen LogP) is 5.24. The summed E-state index contributed by atoms with van der Waals surface area (Å²) in [4.78, 5) is 32.8. The fourth-order valence-electron chi connectivity index (χ4n) is 4.36. The lowest BCUT2D eigenvalue weighted by Gasteiger charge is -2.45. The van der Waals surface area contributed by atoms with Crippen LogP contribution in [0.1, 0.15) is 17.2 Å². The summed E-state index contributed by atoms with van der Waals surface area (Å²) in [7, 11) is 0. The van der Waals surface area contributed by atoms with Gasteiger partial charge < -0.3 is 14.4 Å². The van der Waals surface area contributed by atoms with Gasteiger partial charge in [0.1, 0.15) is 22.8 Å². The van der Waals surface area contributed by atoms with Crippen molar-refractivity contribution in [2.45, 2.75) is 23.6 Å². The lowest BCUT2D eigenvalue weighted by Crippen LogP contribution is -2.66. The van der Waals surface area contributed by atoms with Gasteiger partial charge in [0.15, 0.2) is 18.2 Å². The molecule has 0 radical (unpaired) electrons. The van der Waals surface area contributed by atoms with Gasteiger partial charge in [-0.3, -0.25) is 9.79 Å². The number of carbonyl (C=O) groups is 2. The number of alkyl halides is 1. The molecule has 2 aliphatic rings. The van der Waals surface area contributed by atoms with Gasteiger partial charge in [0.2, 0.25) is 0 Å². The van der Waals surface area contributed by atoms with Crippen LogP contribution >= 0.6 is 23.4 Å². The molecular formula is C29H25ClN2O4S. The highest BCUT2D eigenvalue weighted by Gasteiger charge is 2.57. The van der Waals surface area contributed by atoms with Crippen LogP contribution in [0, 0.1) is 0 Å². The standard InChI is InChI=1S/C29H25ClN2O4S/c1-19(17-30)25(29(34)36-26(20-11-5-2-6-12-20)21-13-7-3-8-14-21)32-27(33)24-28(32)37-23(31-24)18-35-22-15-9-4-10-16-22/h2-16,24-26,28H,1,17-18H2. The maximum Gasteiger partial charge on any atom is 0.334 e. The predicted molar refractivity (Wildman–Crippen MR) is 146 cm³/mol. The number of β-lactam (4-membered cyclic amide) rings is 1. The smallest absolute Gasteiger partial charge is 0.334 e. The Bertz CT molecular complexity index is 1260. The van der Waals surface area contributed by atoms with E-state index in [1.165, 1.54) is 16.7 Å². The second-order valence-electron chi connectivity index (χ2n) is 8.66. The number of ether oxygens (including phenoxy) is 2. The number of rotatable bonds is 10. The molecule has 2 heterocycles. The molecule has 188 valence electrons. The van der Waals surface area contributed by atoms with E-state index in [9.17, 15) is 9.59 Å². The number of halogens is 1. The van der Waals surface area contributed by atoms with Crippen molar-refractivity contribution in [3.8, 4) is 5.75 Å². The Kier molecular flexibility index (Phi) is 7.63. The van der Waals surface area contributed by atoms with E-state index in [4.69, 9.17) is 21.1 Å². The van der Waals surface area contributed by atoms with E-state index in [0.29, 0.717) is 10.6 Å². The number of hydrogen-bond acceptors (Lipinski definition) is 6. The first-order chi connectivity index (χ1) is 18.1. The zero-order valence-electron chi connectivity index (χ0n) is 19.9. The third-order valence-corrected chi connectivity index (χ3v) is 7.76. The van der Waals surface area contributed by atoms with Crippen LogP contribution in [0.2, 0.25) is 0 Å². The zero-order chi connectivity index (χ0) is 25.8. The summed E-state index contributed by atoms with van der Waals surface area (Å²) in [6, 6.07) is 26.8. The second-order valence-corrected chi connectivity index (χ2v) is 10.1. The van der Waals surface area contributed by atoms with Crippen molar-refractivity contribution in [3.05, 3.63) is 114 Å². The van der Waals surface area contributed by atoms with E-state index in [1.807, 2.05) is 91.0 Å². The number of likely N-dealkylation sites (tertiary alicyclic amines) is 1. The summed E-state index contributed by atoms with van der Waals surface area (Å²) in [6.07, 6.45) is -0.644. The van der Waals surface area contributed by atoms with E-state index in [1.54, 1.807) is 0 Å². The molecule has 37 heavy (non-hydrogen) atoms. The van der Waals surface area contributed by atoms with Crippen molar-refractivity contribution in [2.75, 3.05) is 12.5 Å². The average Bonchev–Trinajstić information content (AvgIpc) is 3.33. The minimum Gasteiger partial charge on any atom is -0.487 e. The number of benzene rings is 3. The molecule has 1 saturated heterocycles. The summed E-state index contributed by atoms with van der Waals surface area (Å²) in [5.41, 5.74) is 2.04. The number of carbonyl (C=O) groups excluding carboxylic acids is 2. The van der Waals surface area contributed by atoms with Gasteiger partial charge in [0.25, 0.3) is 5.91 Å². The quantitative estimate of drug-likeness (QED) is 0.154. The molecule has 3 unspecified atom stereocenters. The number of fused-ring (bicyclic) bond motifs is 1. The Labute approximate surface area is 224 Å². The van der Waals surface area contributed by atoms with Crippen molar-refractivity contribution in [2.24, 2.45) is 4.99 Å². The van der Waals surface area contributed by atoms with E-state index in [-0.39, 0.29) is 23.8 Å². The monoisotopic (exact) mass is 532 g/mol. The Balaban J connectivity index is 1.33. The number of amides is 1. The first kappa shape index (κ1) is 25.1. The van der Waals surface area contributed by atoms with Gasteiger partial charge in [-0.2, -0.15) is 0 Å². The van der Waals surface area contributed by atoms with Crippen LogP contribution in [0.25, 0.3) is 0 Å². The van der Waals surface area contributed by atoms with Crippen LogP contribution in [0.15, 0.2) is 108 Å². The van der Waals surface area contributed by atoms with Crippen LogP contribution < -0.4 is 4.74 Å². The van der Waals surface area contributed by atoms with Crippen LogP contribution in [0.4, 0.5) is 0 Å². The molecule has 0 N–H and O–H groups in total. The first-order valence-corrected chi connectivity index (χ1v) is 13.3. The van der Waals surface area contributed by atoms with Crippen LogP contribution in [0.3, 0.4) is 0 Å². The third kappa shape index (κ3) is 5.29. The molecule has 3 atom stereocenters. The number of para-hydroxylation sites is 1. The minimum absolute atomic E-state index is 0.0117. The third-order valence-electron chi connectivity index (χ3n) is 6.20. The number of aliphatic imine (C=N–C) groups is 1. The lowest BCUT2D eigenvalue weighted by molar-refractivity contribution is -0.163. The van der Waals surface area contributed by atoms with Crippen molar-refractivity contribution in [3.63, 3.8) is 0 Å². The molecule has 5 rings (SSSR count). The summed E-state index contributed by atoms with van der Waals surface area (Å²) in [5.74, 6) is -0.100. The Morgan fingerprint density at radius 3 is 2.11 bits per heavy atom. The maximum absolute atomic E-state index is 13.7. The van der Waals surface area contributed by atoms with Gasteiger partial charge in [0.05, 0.1) is 0 Å². The molecule has 1 fully saturated rings. The largest absolute Gasteiger partial charge is 0.487 e. The summed E-state index contributed by atoms with van der Waals surface area (Å²) >= 11 is 7.54.